The summed E-state index contributed by atoms with van der Waals surface area (Å²) in [6.45, 7) is 3.34. The summed E-state index contributed by atoms with van der Waals surface area (Å²) in [7, 11) is 0. The van der Waals surface area contributed by atoms with Crippen molar-refractivity contribution in [3.05, 3.63) is 26.6 Å². The summed E-state index contributed by atoms with van der Waals surface area (Å²) in [5.74, 6) is -0.113. The van der Waals surface area contributed by atoms with Crippen LogP contribution in [0.25, 0.3) is 0 Å². The van der Waals surface area contributed by atoms with Gasteiger partial charge in [-0.2, -0.15) is 0 Å². The van der Waals surface area contributed by atoms with Crippen molar-refractivity contribution in [1.29, 1.82) is 0 Å². The van der Waals surface area contributed by atoms with Gasteiger partial charge in [0.1, 0.15) is 5.75 Å². The average Bonchev–Trinajstić information content (AvgIpc) is 2.34. The van der Waals surface area contributed by atoms with E-state index in [1.54, 1.807) is 0 Å². The van der Waals surface area contributed by atoms with Crippen molar-refractivity contribution in [2.24, 2.45) is 5.73 Å². The molecule has 0 fully saturated rings. The number of nitrogens with two attached hydrogens (primary N) is 1. The van der Waals surface area contributed by atoms with Crippen LogP contribution in [0.3, 0.4) is 0 Å². The zero-order valence-electron chi connectivity index (χ0n) is 10.8. The molecule has 0 atom stereocenters. The van der Waals surface area contributed by atoms with Crippen LogP contribution in [-0.4, -0.2) is 25.1 Å². The predicted octanol–water partition coefficient (Wildman–Crippen LogP) is 1.89. The maximum atomic E-state index is 11.3. The molecule has 0 aliphatic heterocycles. The number of urea groups is 1. The fraction of sp³-hybridized carbons (Fsp3) is 0.333. The number of amides is 3. The quantitative estimate of drug-likeness (QED) is 0.670. The molecular formula is C12H15Br2N3O3. The Kier molecular flexibility index (Phi) is 6.97. The largest absolute Gasteiger partial charge is 0.481 e. The molecule has 0 aromatic heterocycles. The molecule has 1 rings (SSSR count). The van der Waals surface area contributed by atoms with Gasteiger partial charge in [-0.3, -0.25) is 10.1 Å². The number of primary amides is 1. The lowest BCUT2D eigenvalue weighted by atomic mass is 10.2. The Balaban J connectivity index is 2.71. The summed E-state index contributed by atoms with van der Waals surface area (Å²) in [6, 6.07) is 2.89. The lowest BCUT2D eigenvalue weighted by Gasteiger charge is -2.12. The summed E-state index contributed by atoms with van der Waals surface area (Å²) < 4.78 is 6.78. The first-order valence-corrected chi connectivity index (χ1v) is 7.43. The summed E-state index contributed by atoms with van der Waals surface area (Å²) in [5, 5.41) is 5.14. The molecular weight excluding hydrogens is 394 g/mol. The van der Waals surface area contributed by atoms with Gasteiger partial charge in [0.25, 0.3) is 5.91 Å². The van der Waals surface area contributed by atoms with E-state index in [4.69, 9.17) is 10.5 Å². The minimum absolute atomic E-state index is 0.299. The second-order valence-electron chi connectivity index (χ2n) is 3.87. The molecule has 0 unspecified atom stereocenters. The van der Waals surface area contributed by atoms with E-state index in [0.717, 1.165) is 18.7 Å². The summed E-state index contributed by atoms with van der Waals surface area (Å²) in [4.78, 5) is 21.8. The molecule has 8 heteroatoms. The van der Waals surface area contributed by atoms with Crippen molar-refractivity contribution in [1.82, 2.24) is 10.6 Å². The number of nitrogens with one attached hydrogen (secondary N) is 2. The van der Waals surface area contributed by atoms with E-state index in [-0.39, 0.29) is 6.61 Å². The smallest absolute Gasteiger partial charge is 0.318 e. The predicted molar refractivity (Wildman–Crippen MR) is 82.4 cm³/mol. The molecule has 110 valence electrons. The SMILES string of the molecule is CCNCc1cc(Br)c(OCC(=O)NC(N)=O)c(Br)c1. The molecule has 0 saturated heterocycles. The molecule has 0 heterocycles. The van der Waals surface area contributed by atoms with E-state index in [0.29, 0.717) is 14.7 Å². The number of carbonyl (C=O) groups excluding carboxylic acids is 2. The lowest BCUT2D eigenvalue weighted by Crippen LogP contribution is -2.38. The molecule has 3 amide bonds. The second-order valence-corrected chi connectivity index (χ2v) is 5.58. The van der Waals surface area contributed by atoms with E-state index in [1.807, 2.05) is 24.4 Å². The highest BCUT2D eigenvalue weighted by Gasteiger charge is 2.12. The van der Waals surface area contributed by atoms with Crippen LogP contribution in [0, 0.1) is 0 Å². The minimum Gasteiger partial charge on any atom is -0.481 e. The van der Waals surface area contributed by atoms with E-state index in [1.165, 1.54) is 0 Å². The van der Waals surface area contributed by atoms with Crippen LogP contribution >= 0.6 is 31.9 Å². The molecule has 0 saturated carbocycles. The van der Waals surface area contributed by atoms with Crippen LogP contribution in [0.5, 0.6) is 5.75 Å². The molecule has 1 aromatic carbocycles. The highest BCUT2D eigenvalue weighted by Crippen LogP contribution is 2.34. The number of hydrogen-bond donors (Lipinski definition) is 3. The summed E-state index contributed by atoms with van der Waals surface area (Å²) in [5.41, 5.74) is 5.91. The topological polar surface area (TPSA) is 93.4 Å². The van der Waals surface area contributed by atoms with E-state index >= 15 is 0 Å². The molecule has 0 spiro atoms. The first-order valence-electron chi connectivity index (χ1n) is 5.84. The minimum atomic E-state index is -0.905. The molecule has 20 heavy (non-hydrogen) atoms. The van der Waals surface area contributed by atoms with Gasteiger partial charge in [-0.05, 0) is 56.1 Å². The number of rotatable bonds is 6. The molecule has 0 aliphatic carbocycles. The van der Waals surface area contributed by atoms with E-state index < -0.39 is 11.9 Å². The third kappa shape index (κ3) is 5.48. The normalized spacial score (nSPS) is 10.2. The fourth-order valence-corrected chi connectivity index (χ4v) is 2.94. The monoisotopic (exact) mass is 407 g/mol. The molecule has 6 nitrogen and oxygen atoms in total. The Morgan fingerprint density at radius 1 is 1.30 bits per heavy atom. The fourth-order valence-electron chi connectivity index (χ4n) is 1.43. The third-order valence-electron chi connectivity index (χ3n) is 2.25. The van der Waals surface area contributed by atoms with Crippen LogP contribution < -0.4 is 21.1 Å². The van der Waals surface area contributed by atoms with Crippen molar-refractivity contribution >= 4 is 43.8 Å². The Hall–Kier alpha value is -1.12. The number of imide groups is 1. The van der Waals surface area contributed by atoms with Gasteiger partial charge in [-0.15, -0.1) is 0 Å². The van der Waals surface area contributed by atoms with Crippen molar-refractivity contribution in [3.63, 3.8) is 0 Å². The van der Waals surface area contributed by atoms with Gasteiger partial charge >= 0.3 is 6.03 Å². The number of hydrogen-bond acceptors (Lipinski definition) is 4. The van der Waals surface area contributed by atoms with Crippen LogP contribution in [0.2, 0.25) is 0 Å². The van der Waals surface area contributed by atoms with Gasteiger partial charge < -0.3 is 15.8 Å². The maximum absolute atomic E-state index is 11.3. The average molecular weight is 409 g/mol. The Morgan fingerprint density at radius 3 is 2.40 bits per heavy atom. The number of halogens is 2. The van der Waals surface area contributed by atoms with Crippen LogP contribution in [0.15, 0.2) is 21.1 Å². The molecule has 0 bridgehead atoms. The highest BCUT2D eigenvalue weighted by molar-refractivity contribution is 9.11. The zero-order valence-corrected chi connectivity index (χ0v) is 14.0. The van der Waals surface area contributed by atoms with Gasteiger partial charge in [0.2, 0.25) is 0 Å². The standard InChI is InChI=1S/C12H15Br2N3O3/c1-2-16-5-7-3-8(13)11(9(14)4-7)20-6-10(18)17-12(15)19/h3-4,16H,2,5-6H2,1H3,(H3,15,17,18,19). The Morgan fingerprint density at radius 2 is 1.90 bits per heavy atom. The van der Waals surface area contributed by atoms with Crippen molar-refractivity contribution in [2.45, 2.75) is 13.5 Å². The second kappa shape index (κ2) is 8.23. The van der Waals surface area contributed by atoms with Gasteiger partial charge in [0, 0.05) is 6.54 Å². The summed E-state index contributed by atoms with van der Waals surface area (Å²) in [6.07, 6.45) is 0. The van der Waals surface area contributed by atoms with Crippen LogP contribution in [0.4, 0.5) is 4.79 Å². The van der Waals surface area contributed by atoms with Crippen LogP contribution in [-0.2, 0) is 11.3 Å². The molecule has 0 radical (unpaired) electrons. The van der Waals surface area contributed by atoms with E-state index in [2.05, 4.69) is 37.2 Å². The first kappa shape index (κ1) is 16.9. The molecule has 0 aliphatic rings. The van der Waals surface area contributed by atoms with Crippen LogP contribution in [0.1, 0.15) is 12.5 Å². The molecule has 4 N–H and O–H groups in total. The number of ether oxygens (including phenoxy) is 1. The molecule has 1 aromatic rings. The van der Waals surface area contributed by atoms with Gasteiger partial charge in [-0.1, -0.05) is 6.92 Å². The van der Waals surface area contributed by atoms with Crippen molar-refractivity contribution in [2.75, 3.05) is 13.2 Å². The lowest BCUT2D eigenvalue weighted by molar-refractivity contribution is -0.121. The zero-order chi connectivity index (χ0) is 15.1. The number of benzene rings is 1. The highest BCUT2D eigenvalue weighted by atomic mass is 79.9. The first-order chi connectivity index (χ1) is 9.43. The number of carbonyl (C=O) groups is 2. The Labute approximate surface area is 133 Å². The van der Waals surface area contributed by atoms with Crippen molar-refractivity contribution in [3.8, 4) is 5.75 Å². The Bertz CT molecular complexity index is 486. The van der Waals surface area contributed by atoms with Gasteiger partial charge in [-0.25, -0.2) is 4.79 Å². The third-order valence-corrected chi connectivity index (χ3v) is 3.43. The summed E-state index contributed by atoms with van der Waals surface area (Å²) >= 11 is 6.77. The van der Waals surface area contributed by atoms with Gasteiger partial charge in [0.05, 0.1) is 8.95 Å². The van der Waals surface area contributed by atoms with E-state index in [9.17, 15) is 9.59 Å². The maximum Gasteiger partial charge on any atom is 0.318 e. The van der Waals surface area contributed by atoms with Gasteiger partial charge in [0.15, 0.2) is 6.61 Å². The van der Waals surface area contributed by atoms with Crippen molar-refractivity contribution < 1.29 is 14.3 Å².